The molecule has 4 nitrogen and oxygen atoms in total. The Hall–Kier alpha value is -1.26. The Bertz CT molecular complexity index is 489. The summed E-state index contributed by atoms with van der Waals surface area (Å²) in [6.45, 7) is 7.02. The van der Waals surface area contributed by atoms with Crippen molar-refractivity contribution in [2.75, 3.05) is 26.9 Å². The summed E-state index contributed by atoms with van der Waals surface area (Å²) in [5.41, 5.74) is 0.233. The Labute approximate surface area is 126 Å². The minimum absolute atomic E-state index is 0.233. The second kappa shape index (κ2) is 5.85. The Morgan fingerprint density at radius 3 is 2.95 bits per heavy atom. The van der Waals surface area contributed by atoms with E-state index in [2.05, 4.69) is 19.2 Å². The average Bonchev–Trinajstić information content (AvgIpc) is 2.94. The smallest absolute Gasteiger partial charge is 0.123 e. The molecule has 21 heavy (non-hydrogen) atoms. The minimum atomic E-state index is 0.233. The maximum atomic E-state index is 5.81. The van der Waals surface area contributed by atoms with Crippen LogP contribution in [0.3, 0.4) is 0 Å². The average molecular weight is 291 g/mol. The minimum Gasteiger partial charge on any atom is -0.497 e. The van der Waals surface area contributed by atoms with Gasteiger partial charge in [-0.2, -0.15) is 0 Å². The zero-order valence-electron chi connectivity index (χ0n) is 13.1. The zero-order valence-corrected chi connectivity index (χ0v) is 13.1. The monoisotopic (exact) mass is 291 g/mol. The van der Waals surface area contributed by atoms with Crippen molar-refractivity contribution >= 4 is 0 Å². The Kier molecular flexibility index (Phi) is 4.09. The third kappa shape index (κ3) is 2.74. The fraction of sp³-hybridized carbons (Fsp3) is 0.647. The number of methoxy groups -OCH3 is 1. The van der Waals surface area contributed by atoms with Crippen LogP contribution < -0.4 is 14.8 Å². The fourth-order valence-corrected chi connectivity index (χ4v) is 3.81. The molecule has 0 radical (unpaired) electrons. The largest absolute Gasteiger partial charge is 0.497 e. The number of fused-ring (bicyclic) bond motifs is 1. The number of hydrogen-bond acceptors (Lipinski definition) is 4. The first-order chi connectivity index (χ1) is 10.1. The van der Waals surface area contributed by atoms with Gasteiger partial charge in [0.1, 0.15) is 18.1 Å². The molecule has 2 aliphatic rings. The van der Waals surface area contributed by atoms with Gasteiger partial charge < -0.3 is 19.5 Å². The lowest BCUT2D eigenvalue weighted by Gasteiger charge is -2.55. The number of ether oxygens (including phenoxy) is 3. The maximum absolute atomic E-state index is 5.81. The first kappa shape index (κ1) is 14.7. The number of nitrogens with one attached hydrogen (secondary N) is 1. The van der Waals surface area contributed by atoms with E-state index in [0.717, 1.165) is 24.7 Å². The van der Waals surface area contributed by atoms with Crippen molar-refractivity contribution in [1.82, 2.24) is 5.32 Å². The van der Waals surface area contributed by atoms with Crippen molar-refractivity contribution in [2.45, 2.75) is 32.4 Å². The lowest BCUT2D eigenvalue weighted by molar-refractivity contribution is -0.112. The number of benzene rings is 1. The molecule has 3 rings (SSSR count). The molecule has 1 heterocycles. The van der Waals surface area contributed by atoms with Gasteiger partial charge in [-0.05, 0) is 18.6 Å². The van der Waals surface area contributed by atoms with Crippen molar-refractivity contribution in [1.29, 1.82) is 0 Å². The van der Waals surface area contributed by atoms with Gasteiger partial charge in [0.15, 0.2) is 0 Å². The quantitative estimate of drug-likeness (QED) is 0.817. The van der Waals surface area contributed by atoms with Gasteiger partial charge in [0.05, 0.1) is 13.2 Å². The van der Waals surface area contributed by atoms with E-state index >= 15 is 0 Å². The van der Waals surface area contributed by atoms with Crippen molar-refractivity contribution in [2.24, 2.45) is 11.3 Å². The second-order valence-corrected chi connectivity index (χ2v) is 6.52. The van der Waals surface area contributed by atoms with Crippen molar-refractivity contribution in [3.63, 3.8) is 0 Å². The number of hydrogen-bond donors (Lipinski definition) is 1. The van der Waals surface area contributed by atoms with Crippen LogP contribution in [-0.2, 0) is 4.74 Å². The van der Waals surface area contributed by atoms with Crippen molar-refractivity contribution in [3.8, 4) is 11.5 Å². The van der Waals surface area contributed by atoms with Crippen LogP contribution in [0.5, 0.6) is 11.5 Å². The number of rotatable bonds is 6. The molecular weight excluding hydrogens is 266 g/mol. The van der Waals surface area contributed by atoms with Gasteiger partial charge in [-0.25, -0.2) is 0 Å². The summed E-state index contributed by atoms with van der Waals surface area (Å²) in [6, 6.07) is 8.27. The molecule has 1 N–H and O–H groups in total. The van der Waals surface area contributed by atoms with Gasteiger partial charge in [0, 0.05) is 36.6 Å². The summed E-state index contributed by atoms with van der Waals surface area (Å²) >= 11 is 0. The first-order valence-electron chi connectivity index (χ1n) is 7.75. The van der Waals surface area contributed by atoms with Gasteiger partial charge >= 0.3 is 0 Å². The van der Waals surface area contributed by atoms with Gasteiger partial charge in [-0.1, -0.05) is 19.9 Å². The van der Waals surface area contributed by atoms with Crippen LogP contribution >= 0.6 is 0 Å². The van der Waals surface area contributed by atoms with E-state index < -0.39 is 0 Å². The Balaban J connectivity index is 1.44. The fourth-order valence-electron chi connectivity index (χ4n) is 3.81. The molecule has 1 aliphatic carbocycles. The van der Waals surface area contributed by atoms with Crippen LogP contribution in [-0.4, -0.2) is 39.0 Å². The van der Waals surface area contributed by atoms with Crippen molar-refractivity contribution in [3.05, 3.63) is 24.3 Å². The molecule has 0 amide bonds. The van der Waals surface area contributed by atoms with Gasteiger partial charge in [-0.3, -0.25) is 0 Å². The highest BCUT2D eigenvalue weighted by atomic mass is 16.5. The highest BCUT2D eigenvalue weighted by molar-refractivity contribution is 5.32. The third-order valence-corrected chi connectivity index (χ3v) is 4.88. The molecule has 0 spiro atoms. The summed E-state index contributed by atoms with van der Waals surface area (Å²) in [7, 11) is 1.67. The van der Waals surface area contributed by atoms with Crippen LogP contribution in [0.25, 0.3) is 0 Å². The van der Waals surface area contributed by atoms with E-state index in [-0.39, 0.29) is 5.41 Å². The van der Waals surface area contributed by atoms with E-state index in [4.69, 9.17) is 14.2 Å². The second-order valence-electron chi connectivity index (χ2n) is 6.52. The molecule has 1 aliphatic heterocycles. The maximum Gasteiger partial charge on any atom is 0.123 e. The summed E-state index contributed by atoms with van der Waals surface area (Å²) in [6.07, 6.45) is 1.62. The predicted molar refractivity (Wildman–Crippen MR) is 81.9 cm³/mol. The lowest BCUT2D eigenvalue weighted by atomic mass is 9.57. The van der Waals surface area contributed by atoms with E-state index in [1.165, 1.54) is 6.42 Å². The Morgan fingerprint density at radius 2 is 2.14 bits per heavy atom. The highest BCUT2D eigenvalue weighted by Crippen LogP contribution is 2.51. The Morgan fingerprint density at radius 1 is 1.33 bits per heavy atom. The standard InChI is InChI=1S/C17H25NO3/c1-17(2)15(14-7-9-21-16(14)17)18-8-10-20-13-6-4-5-12(11-13)19-3/h4-6,11,14-16,18H,7-10H2,1-3H3. The molecule has 4 heteroatoms. The molecule has 1 aromatic rings. The molecule has 0 bridgehead atoms. The molecule has 3 atom stereocenters. The van der Waals surface area contributed by atoms with Crippen LogP contribution in [0, 0.1) is 11.3 Å². The lowest BCUT2D eigenvalue weighted by Crippen LogP contribution is -2.66. The molecule has 1 saturated heterocycles. The first-order valence-corrected chi connectivity index (χ1v) is 7.75. The van der Waals surface area contributed by atoms with Crippen LogP contribution in [0.2, 0.25) is 0 Å². The summed E-state index contributed by atoms with van der Waals surface area (Å²) in [5.74, 6) is 2.36. The van der Waals surface area contributed by atoms with E-state index in [1.807, 2.05) is 24.3 Å². The molecule has 1 saturated carbocycles. The molecular formula is C17H25NO3. The predicted octanol–water partition coefficient (Wildman–Crippen LogP) is 2.48. The van der Waals surface area contributed by atoms with Crippen LogP contribution in [0.15, 0.2) is 24.3 Å². The van der Waals surface area contributed by atoms with Crippen LogP contribution in [0.4, 0.5) is 0 Å². The summed E-state index contributed by atoms with van der Waals surface area (Å²) in [4.78, 5) is 0. The van der Waals surface area contributed by atoms with E-state index in [0.29, 0.717) is 24.7 Å². The molecule has 3 unspecified atom stereocenters. The van der Waals surface area contributed by atoms with Crippen LogP contribution in [0.1, 0.15) is 20.3 Å². The normalized spacial score (nSPS) is 29.6. The van der Waals surface area contributed by atoms with Gasteiger partial charge in [-0.15, -0.1) is 0 Å². The summed E-state index contributed by atoms with van der Waals surface area (Å²) in [5, 5.41) is 3.64. The summed E-state index contributed by atoms with van der Waals surface area (Å²) < 4.78 is 16.8. The van der Waals surface area contributed by atoms with E-state index in [9.17, 15) is 0 Å². The molecule has 2 fully saturated rings. The molecule has 0 aromatic heterocycles. The topological polar surface area (TPSA) is 39.7 Å². The highest BCUT2D eigenvalue weighted by Gasteiger charge is 2.58. The molecule has 1 aromatic carbocycles. The van der Waals surface area contributed by atoms with E-state index in [1.54, 1.807) is 7.11 Å². The van der Waals surface area contributed by atoms with Gasteiger partial charge in [0.2, 0.25) is 0 Å². The zero-order chi connectivity index (χ0) is 14.9. The van der Waals surface area contributed by atoms with Gasteiger partial charge in [0.25, 0.3) is 0 Å². The SMILES string of the molecule is COc1cccc(OCCNC2C3CCOC3C2(C)C)c1. The molecule has 116 valence electrons. The van der Waals surface area contributed by atoms with Crippen molar-refractivity contribution < 1.29 is 14.2 Å². The third-order valence-electron chi connectivity index (χ3n) is 4.88.